The molecule has 1 aliphatic rings. The SMILES string of the molecule is Nc1ccc(F)c(F)c1-n1ccc(C2CC2)n1. The van der Waals surface area contributed by atoms with Gasteiger partial charge in [0, 0.05) is 12.1 Å². The first-order valence-electron chi connectivity index (χ1n) is 5.46. The molecule has 3 rings (SSSR count). The van der Waals surface area contributed by atoms with Crippen LogP contribution in [0.3, 0.4) is 0 Å². The van der Waals surface area contributed by atoms with Crippen molar-refractivity contribution >= 4 is 5.69 Å². The summed E-state index contributed by atoms with van der Waals surface area (Å²) >= 11 is 0. The second-order valence-electron chi connectivity index (χ2n) is 4.26. The van der Waals surface area contributed by atoms with Gasteiger partial charge in [-0.3, -0.25) is 0 Å². The van der Waals surface area contributed by atoms with Crippen LogP contribution in [0.4, 0.5) is 14.5 Å². The van der Waals surface area contributed by atoms with Gasteiger partial charge < -0.3 is 5.73 Å². The van der Waals surface area contributed by atoms with Gasteiger partial charge >= 0.3 is 0 Å². The van der Waals surface area contributed by atoms with E-state index in [-0.39, 0.29) is 11.4 Å². The third-order valence-corrected chi connectivity index (χ3v) is 2.93. The highest BCUT2D eigenvalue weighted by Gasteiger charge is 2.26. The summed E-state index contributed by atoms with van der Waals surface area (Å²) in [5, 5.41) is 4.24. The molecule has 1 saturated carbocycles. The lowest BCUT2D eigenvalue weighted by Crippen LogP contribution is -2.05. The van der Waals surface area contributed by atoms with Crippen molar-refractivity contribution in [3.8, 4) is 5.69 Å². The molecule has 17 heavy (non-hydrogen) atoms. The molecule has 0 spiro atoms. The Morgan fingerprint density at radius 2 is 2.00 bits per heavy atom. The van der Waals surface area contributed by atoms with Crippen LogP contribution in [-0.2, 0) is 0 Å². The first kappa shape index (κ1) is 10.3. The van der Waals surface area contributed by atoms with Gasteiger partial charge in [0.05, 0.1) is 11.4 Å². The second-order valence-corrected chi connectivity index (χ2v) is 4.26. The predicted molar refractivity (Wildman–Crippen MR) is 59.9 cm³/mol. The molecule has 5 heteroatoms. The lowest BCUT2D eigenvalue weighted by atomic mass is 10.2. The minimum atomic E-state index is -0.963. The van der Waals surface area contributed by atoms with Gasteiger partial charge in [0.1, 0.15) is 5.69 Å². The quantitative estimate of drug-likeness (QED) is 0.813. The van der Waals surface area contributed by atoms with Crippen LogP contribution in [0.2, 0.25) is 0 Å². The number of benzene rings is 1. The van der Waals surface area contributed by atoms with E-state index in [9.17, 15) is 8.78 Å². The van der Waals surface area contributed by atoms with Crippen LogP contribution < -0.4 is 5.73 Å². The minimum Gasteiger partial charge on any atom is -0.397 e. The van der Waals surface area contributed by atoms with Crippen LogP contribution in [0.25, 0.3) is 5.69 Å². The molecule has 2 N–H and O–H groups in total. The fourth-order valence-corrected chi connectivity index (χ4v) is 1.85. The summed E-state index contributed by atoms with van der Waals surface area (Å²) in [7, 11) is 0. The average Bonchev–Trinajstić information content (AvgIpc) is 3.05. The van der Waals surface area contributed by atoms with Crippen molar-refractivity contribution in [2.45, 2.75) is 18.8 Å². The van der Waals surface area contributed by atoms with Crippen LogP contribution >= 0.6 is 0 Å². The Morgan fingerprint density at radius 1 is 1.24 bits per heavy atom. The average molecular weight is 235 g/mol. The number of nitrogens with two attached hydrogens (primary N) is 1. The molecule has 0 unspecified atom stereocenters. The third-order valence-electron chi connectivity index (χ3n) is 2.93. The molecule has 0 atom stereocenters. The Morgan fingerprint density at radius 3 is 2.71 bits per heavy atom. The fraction of sp³-hybridized carbons (Fsp3) is 0.250. The zero-order valence-electron chi connectivity index (χ0n) is 9.03. The van der Waals surface area contributed by atoms with E-state index in [2.05, 4.69) is 5.10 Å². The zero-order valence-corrected chi connectivity index (χ0v) is 9.03. The molecule has 1 aromatic heterocycles. The number of anilines is 1. The summed E-state index contributed by atoms with van der Waals surface area (Å²) in [6.45, 7) is 0. The third kappa shape index (κ3) is 1.67. The normalized spacial score (nSPS) is 15.2. The molecule has 3 nitrogen and oxygen atoms in total. The van der Waals surface area contributed by atoms with E-state index in [4.69, 9.17) is 5.73 Å². The second kappa shape index (κ2) is 3.55. The zero-order chi connectivity index (χ0) is 12.0. The van der Waals surface area contributed by atoms with Crippen LogP contribution in [0.1, 0.15) is 24.5 Å². The summed E-state index contributed by atoms with van der Waals surface area (Å²) in [5.74, 6) is -1.41. The highest BCUT2D eigenvalue weighted by Crippen LogP contribution is 2.39. The first-order valence-corrected chi connectivity index (χ1v) is 5.46. The Hall–Kier alpha value is -1.91. The van der Waals surface area contributed by atoms with Gasteiger partial charge in [-0.15, -0.1) is 0 Å². The van der Waals surface area contributed by atoms with Crippen molar-refractivity contribution in [2.24, 2.45) is 0 Å². The fourth-order valence-electron chi connectivity index (χ4n) is 1.85. The van der Waals surface area contributed by atoms with Crippen LogP contribution in [0.5, 0.6) is 0 Å². The molecule has 1 heterocycles. The molecule has 0 radical (unpaired) electrons. The van der Waals surface area contributed by atoms with Crippen LogP contribution in [-0.4, -0.2) is 9.78 Å². The largest absolute Gasteiger partial charge is 0.397 e. The van der Waals surface area contributed by atoms with Crippen molar-refractivity contribution < 1.29 is 8.78 Å². The summed E-state index contributed by atoms with van der Waals surface area (Å²) < 4.78 is 28.1. The Labute approximate surface area is 96.9 Å². The standard InChI is InChI=1S/C12H11F2N3/c13-8-3-4-9(15)12(11(8)14)17-6-5-10(16-17)7-1-2-7/h3-7H,1-2,15H2. The molecule has 2 aromatic rings. The van der Waals surface area contributed by atoms with Gasteiger partial charge in [-0.1, -0.05) is 0 Å². The maximum Gasteiger partial charge on any atom is 0.186 e. The Kier molecular flexibility index (Phi) is 2.14. The van der Waals surface area contributed by atoms with Crippen molar-refractivity contribution in [1.29, 1.82) is 0 Å². The molecule has 88 valence electrons. The molecule has 0 saturated heterocycles. The Bertz CT molecular complexity index is 573. The van der Waals surface area contributed by atoms with Gasteiger partial charge in [-0.25, -0.2) is 13.5 Å². The number of nitrogens with zero attached hydrogens (tertiary/aromatic N) is 2. The van der Waals surface area contributed by atoms with Crippen LogP contribution in [0.15, 0.2) is 24.4 Å². The molecule has 1 aromatic carbocycles. The number of aromatic nitrogens is 2. The summed E-state index contributed by atoms with van der Waals surface area (Å²) in [4.78, 5) is 0. The summed E-state index contributed by atoms with van der Waals surface area (Å²) in [6, 6.07) is 4.17. The molecule has 1 fully saturated rings. The van der Waals surface area contributed by atoms with Gasteiger partial charge in [-0.2, -0.15) is 5.10 Å². The Balaban J connectivity index is 2.10. The maximum atomic E-state index is 13.7. The van der Waals surface area contributed by atoms with Crippen LogP contribution in [0, 0.1) is 11.6 Å². The number of hydrogen-bond acceptors (Lipinski definition) is 2. The highest BCUT2D eigenvalue weighted by atomic mass is 19.2. The number of halogens is 2. The number of hydrogen-bond donors (Lipinski definition) is 1. The summed E-state index contributed by atoms with van der Waals surface area (Å²) in [5.41, 5.74) is 6.72. The highest BCUT2D eigenvalue weighted by molar-refractivity contribution is 5.58. The molecule has 0 amide bonds. The smallest absolute Gasteiger partial charge is 0.186 e. The van der Waals surface area contributed by atoms with E-state index in [1.807, 2.05) is 6.07 Å². The monoisotopic (exact) mass is 235 g/mol. The molecular weight excluding hydrogens is 224 g/mol. The van der Waals surface area contributed by atoms with Crippen molar-refractivity contribution in [3.05, 3.63) is 41.7 Å². The first-order chi connectivity index (χ1) is 8.16. The van der Waals surface area contributed by atoms with Gasteiger partial charge in [0.25, 0.3) is 0 Å². The van der Waals surface area contributed by atoms with Gasteiger partial charge in [-0.05, 0) is 31.0 Å². The van der Waals surface area contributed by atoms with E-state index in [0.29, 0.717) is 5.92 Å². The molecular formula is C12H11F2N3. The van der Waals surface area contributed by atoms with E-state index >= 15 is 0 Å². The topological polar surface area (TPSA) is 43.8 Å². The van der Waals surface area contributed by atoms with Gasteiger partial charge in [0.15, 0.2) is 11.6 Å². The minimum absolute atomic E-state index is 0.0168. The van der Waals surface area contributed by atoms with E-state index < -0.39 is 11.6 Å². The molecule has 0 aliphatic heterocycles. The maximum absolute atomic E-state index is 13.7. The lowest BCUT2D eigenvalue weighted by molar-refractivity contribution is 0.502. The lowest BCUT2D eigenvalue weighted by Gasteiger charge is -2.07. The molecule has 0 bridgehead atoms. The molecule has 1 aliphatic carbocycles. The van der Waals surface area contributed by atoms with Gasteiger partial charge in [0.2, 0.25) is 0 Å². The van der Waals surface area contributed by atoms with E-state index in [0.717, 1.165) is 24.6 Å². The summed E-state index contributed by atoms with van der Waals surface area (Å²) in [6.07, 6.45) is 3.83. The predicted octanol–water partition coefficient (Wildman–Crippen LogP) is 2.61. The number of rotatable bonds is 2. The van der Waals surface area contributed by atoms with Crippen molar-refractivity contribution in [2.75, 3.05) is 5.73 Å². The van der Waals surface area contributed by atoms with E-state index in [1.165, 1.54) is 10.7 Å². The van der Waals surface area contributed by atoms with Crippen molar-refractivity contribution in [3.63, 3.8) is 0 Å². The van der Waals surface area contributed by atoms with Crippen molar-refractivity contribution in [1.82, 2.24) is 9.78 Å². The van der Waals surface area contributed by atoms with E-state index in [1.54, 1.807) is 6.20 Å². The number of nitrogen functional groups attached to an aromatic ring is 1.